The third kappa shape index (κ3) is 3.78. The number of hydrogen-bond acceptors (Lipinski definition) is 3. The summed E-state index contributed by atoms with van der Waals surface area (Å²) in [6.07, 6.45) is 3.43. The zero-order valence-electron chi connectivity index (χ0n) is 10.8. The summed E-state index contributed by atoms with van der Waals surface area (Å²) in [6, 6.07) is 10.6. The molecule has 0 spiro atoms. The number of nitrogens with zero attached hydrogens (tertiary/aromatic N) is 1. The Morgan fingerprint density at radius 1 is 1.16 bits per heavy atom. The minimum absolute atomic E-state index is 0. The smallest absolute Gasteiger partial charge is 0.0960 e. The van der Waals surface area contributed by atoms with Gasteiger partial charge in [-0.15, -0.1) is 23.7 Å². The second-order valence-corrected chi connectivity index (χ2v) is 5.75. The summed E-state index contributed by atoms with van der Waals surface area (Å²) < 4.78 is 0. The van der Waals surface area contributed by atoms with E-state index in [2.05, 4.69) is 41.0 Å². The first-order chi connectivity index (χ1) is 8.92. The summed E-state index contributed by atoms with van der Waals surface area (Å²) in [6.45, 7) is 2.27. The number of hydrogen-bond donors (Lipinski definition) is 1. The highest BCUT2D eigenvalue weighted by Crippen LogP contribution is 2.28. The fraction of sp³-hybridized carbons (Fsp3) is 0.400. The molecule has 4 heteroatoms. The van der Waals surface area contributed by atoms with Crippen LogP contribution in [0.4, 0.5) is 0 Å². The van der Waals surface area contributed by atoms with Crippen LogP contribution in [0.15, 0.2) is 35.7 Å². The molecule has 0 aliphatic carbocycles. The molecule has 1 saturated heterocycles. The topological polar surface area (TPSA) is 24.9 Å². The lowest BCUT2D eigenvalue weighted by Crippen LogP contribution is -2.26. The lowest BCUT2D eigenvalue weighted by atomic mass is 9.99. The van der Waals surface area contributed by atoms with Gasteiger partial charge in [0.15, 0.2) is 0 Å². The van der Waals surface area contributed by atoms with E-state index in [0.717, 1.165) is 19.5 Å². The maximum Gasteiger partial charge on any atom is 0.0960 e. The highest BCUT2D eigenvalue weighted by molar-refractivity contribution is 7.09. The number of thiazole rings is 1. The van der Waals surface area contributed by atoms with Crippen molar-refractivity contribution in [1.29, 1.82) is 0 Å². The SMILES string of the molecule is Cl.c1ccc(Cc2csc(C3CCNCC3)n2)cc1. The molecule has 1 N–H and O–H groups in total. The number of rotatable bonds is 3. The Kier molecular flexibility index (Phi) is 5.37. The normalized spacial score (nSPS) is 16.0. The minimum atomic E-state index is 0. The molecule has 0 bridgehead atoms. The van der Waals surface area contributed by atoms with Crippen molar-refractivity contribution >= 4 is 23.7 Å². The van der Waals surface area contributed by atoms with Gasteiger partial charge in [0, 0.05) is 17.7 Å². The first kappa shape index (κ1) is 14.5. The molecular formula is C15H19ClN2S. The number of nitrogens with one attached hydrogen (secondary N) is 1. The summed E-state index contributed by atoms with van der Waals surface area (Å²) in [4.78, 5) is 4.82. The van der Waals surface area contributed by atoms with Crippen LogP contribution in [0, 0.1) is 0 Å². The van der Waals surface area contributed by atoms with Crippen LogP contribution in [-0.2, 0) is 6.42 Å². The maximum absolute atomic E-state index is 4.82. The molecule has 2 aromatic rings. The zero-order valence-corrected chi connectivity index (χ0v) is 12.5. The molecule has 2 nitrogen and oxygen atoms in total. The second-order valence-electron chi connectivity index (χ2n) is 4.86. The number of halogens is 1. The van der Waals surface area contributed by atoms with Crippen LogP contribution in [0.25, 0.3) is 0 Å². The van der Waals surface area contributed by atoms with Gasteiger partial charge in [0.25, 0.3) is 0 Å². The fourth-order valence-corrected chi connectivity index (χ4v) is 3.46. The van der Waals surface area contributed by atoms with E-state index in [1.807, 2.05) is 11.3 Å². The van der Waals surface area contributed by atoms with E-state index in [4.69, 9.17) is 4.98 Å². The van der Waals surface area contributed by atoms with Gasteiger partial charge in [0.05, 0.1) is 10.7 Å². The number of benzene rings is 1. The second kappa shape index (κ2) is 7.04. The van der Waals surface area contributed by atoms with Crippen molar-refractivity contribution in [2.75, 3.05) is 13.1 Å². The van der Waals surface area contributed by atoms with Gasteiger partial charge in [-0.25, -0.2) is 4.98 Å². The van der Waals surface area contributed by atoms with Crippen molar-refractivity contribution in [1.82, 2.24) is 10.3 Å². The Hall–Kier alpha value is -0.900. The van der Waals surface area contributed by atoms with E-state index in [9.17, 15) is 0 Å². The number of piperidine rings is 1. The molecule has 0 atom stereocenters. The van der Waals surface area contributed by atoms with E-state index in [1.54, 1.807) is 0 Å². The van der Waals surface area contributed by atoms with Crippen LogP contribution in [-0.4, -0.2) is 18.1 Å². The molecule has 1 fully saturated rings. The van der Waals surface area contributed by atoms with Crippen LogP contribution >= 0.6 is 23.7 Å². The molecule has 3 rings (SSSR count). The molecule has 0 amide bonds. The van der Waals surface area contributed by atoms with E-state index >= 15 is 0 Å². The predicted octanol–water partition coefficient (Wildman–Crippen LogP) is 3.62. The van der Waals surface area contributed by atoms with Crippen molar-refractivity contribution in [2.45, 2.75) is 25.2 Å². The van der Waals surface area contributed by atoms with Gasteiger partial charge < -0.3 is 5.32 Å². The van der Waals surface area contributed by atoms with Crippen molar-refractivity contribution in [3.05, 3.63) is 52.0 Å². The summed E-state index contributed by atoms with van der Waals surface area (Å²) in [5.74, 6) is 0.681. The van der Waals surface area contributed by atoms with Gasteiger partial charge in [0.1, 0.15) is 0 Å². The third-order valence-corrected chi connectivity index (χ3v) is 4.54. The monoisotopic (exact) mass is 294 g/mol. The van der Waals surface area contributed by atoms with Crippen molar-refractivity contribution in [3.63, 3.8) is 0 Å². The Morgan fingerprint density at radius 2 is 1.89 bits per heavy atom. The van der Waals surface area contributed by atoms with E-state index in [1.165, 1.54) is 29.1 Å². The molecule has 0 saturated carbocycles. The quantitative estimate of drug-likeness (QED) is 0.935. The lowest BCUT2D eigenvalue weighted by molar-refractivity contribution is 0.458. The molecular weight excluding hydrogens is 276 g/mol. The lowest BCUT2D eigenvalue weighted by Gasteiger charge is -2.20. The van der Waals surface area contributed by atoms with E-state index in [0.29, 0.717) is 5.92 Å². The van der Waals surface area contributed by atoms with Crippen LogP contribution in [0.5, 0.6) is 0 Å². The van der Waals surface area contributed by atoms with Crippen molar-refractivity contribution in [2.24, 2.45) is 0 Å². The first-order valence-electron chi connectivity index (χ1n) is 6.61. The Balaban J connectivity index is 0.00000133. The van der Waals surface area contributed by atoms with Gasteiger partial charge in [-0.3, -0.25) is 0 Å². The molecule has 0 radical (unpaired) electrons. The van der Waals surface area contributed by atoms with Crippen molar-refractivity contribution in [3.8, 4) is 0 Å². The number of aromatic nitrogens is 1. The largest absolute Gasteiger partial charge is 0.317 e. The van der Waals surface area contributed by atoms with Crippen LogP contribution < -0.4 is 5.32 Å². The van der Waals surface area contributed by atoms with E-state index < -0.39 is 0 Å². The predicted molar refractivity (Wildman–Crippen MR) is 83.5 cm³/mol. The summed E-state index contributed by atoms with van der Waals surface area (Å²) >= 11 is 1.84. The summed E-state index contributed by atoms with van der Waals surface area (Å²) in [5.41, 5.74) is 2.57. The van der Waals surface area contributed by atoms with Gasteiger partial charge in [0.2, 0.25) is 0 Å². The Morgan fingerprint density at radius 3 is 2.63 bits per heavy atom. The maximum atomic E-state index is 4.82. The van der Waals surface area contributed by atoms with Crippen LogP contribution in [0.2, 0.25) is 0 Å². The van der Waals surface area contributed by atoms with Gasteiger partial charge in [-0.05, 0) is 31.5 Å². The molecule has 1 aliphatic rings. The average molecular weight is 295 g/mol. The molecule has 102 valence electrons. The summed E-state index contributed by atoms with van der Waals surface area (Å²) in [7, 11) is 0. The van der Waals surface area contributed by atoms with Gasteiger partial charge >= 0.3 is 0 Å². The van der Waals surface area contributed by atoms with E-state index in [-0.39, 0.29) is 12.4 Å². The van der Waals surface area contributed by atoms with Crippen LogP contribution in [0.3, 0.4) is 0 Å². The fourth-order valence-electron chi connectivity index (χ4n) is 2.47. The van der Waals surface area contributed by atoms with Gasteiger partial charge in [-0.2, -0.15) is 0 Å². The molecule has 1 aliphatic heterocycles. The average Bonchev–Trinajstić information content (AvgIpc) is 2.89. The minimum Gasteiger partial charge on any atom is -0.317 e. The van der Waals surface area contributed by atoms with Gasteiger partial charge in [-0.1, -0.05) is 30.3 Å². The first-order valence-corrected chi connectivity index (χ1v) is 7.49. The Bertz CT molecular complexity index is 492. The third-order valence-electron chi connectivity index (χ3n) is 3.49. The zero-order chi connectivity index (χ0) is 12.2. The standard InChI is InChI=1S/C15H18N2S.ClH/c1-2-4-12(5-3-1)10-14-11-18-15(17-14)13-6-8-16-9-7-13;/h1-5,11,13,16H,6-10H2;1H. The molecule has 19 heavy (non-hydrogen) atoms. The Labute approximate surface area is 124 Å². The summed E-state index contributed by atoms with van der Waals surface area (Å²) in [5, 5.41) is 6.97. The molecule has 2 heterocycles. The molecule has 0 unspecified atom stereocenters. The van der Waals surface area contributed by atoms with Crippen molar-refractivity contribution < 1.29 is 0 Å². The molecule has 1 aromatic heterocycles. The van der Waals surface area contributed by atoms with Crippen LogP contribution in [0.1, 0.15) is 35.0 Å². The molecule has 1 aromatic carbocycles. The highest BCUT2D eigenvalue weighted by atomic mass is 35.5. The highest BCUT2D eigenvalue weighted by Gasteiger charge is 2.18.